The molecule has 2 fully saturated rings. The van der Waals surface area contributed by atoms with Crippen molar-refractivity contribution in [2.75, 3.05) is 19.8 Å². The molecule has 14 heteroatoms. The molecule has 2 aliphatic heterocycles. The molecule has 2 saturated heterocycles. The number of ether oxygens (including phenoxy) is 4. The average molecular weight is 1060 g/mol. The van der Waals surface area contributed by atoms with Gasteiger partial charge in [-0.3, -0.25) is 4.79 Å². The standard InChI is InChI=1S/C61H101NO13/c1-3-5-7-9-11-13-15-17-19-20-21-22-23-24-25-26-27-28-29-30-31-33-35-37-39-41-43-45-53(66)62-49(50(65)44-42-40-38-36-34-32-18-16-14-12-10-8-6-4-2)48-72-60-58(71)56(69)59(52(47-64)74-60)75-61-57(70)55(68)54(67)51(46-63)73-61/h5,7,11,13-14,16-17,19,21-22,24-25,27-28,34,36,42,44,49-52,54-61,63-65,67-71H,3-4,6,8-10,12,15,18,20,23,26,29-33,35,37-41,43,45-48H2,1-2H3,(H,62,66)/b7-5-,13-11-,16-14+,19-17-,22-21-,25-24-,28-27-,36-34+,44-42+. The molecule has 75 heavy (non-hydrogen) atoms. The topological polar surface area (TPSA) is 228 Å². The first-order valence-corrected chi connectivity index (χ1v) is 28.6. The lowest BCUT2D eigenvalue weighted by atomic mass is 9.97. The minimum atomic E-state index is -1.80. The number of aliphatic hydroxyl groups excluding tert-OH is 8. The van der Waals surface area contributed by atoms with Gasteiger partial charge in [-0.05, 0) is 96.3 Å². The molecule has 0 aromatic heterocycles. The van der Waals surface area contributed by atoms with E-state index in [1.165, 1.54) is 44.9 Å². The third-order valence-corrected chi connectivity index (χ3v) is 13.2. The summed E-state index contributed by atoms with van der Waals surface area (Å²) in [5.74, 6) is -0.269. The number of amides is 1. The predicted molar refractivity (Wildman–Crippen MR) is 299 cm³/mol. The normalized spacial score (nSPS) is 25.9. The van der Waals surface area contributed by atoms with Crippen molar-refractivity contribution in [1.82, 2.24) is 5.32 Å². The Kier molecular flexibility index (Phi) is 41.2. The molecule has 2 aliphatic rings. The zero-order valence-corrected chi connectivity index (χ0v) is 45.7. The van der Waals surface area contributed by atoms with Crippen LogP contribution in [0.2, 0.25) is 0 Å². The summed E-state index contributed by atoms with van der Waals surface area (Å²) in [6, 6.07) is -0.949. The van der Waals surface area contributed by atoms with Gasteiger partial charge in [-0.1, -0.05) is 181 Å². The van der Waals surface area contributed by atoms with E-state index < -0.39 is 86.8 Å². The zero-order chi connectivity index (χ0) is 54.6. The van der Waals surface area contributed by atoms with E-state index in [2.05, 4.69) is 116 Å². The molecule has 0 spiro atoms. The summed E-state index contributed by atoms with van der Waals surface area (Å²) < 4.78 is 22.7. The van der Waals surface area contributed by atoms with Crippen LogP contribution in [0, 0.1) is 0 Å². The van der Waals surface area contributed by atoms with Crippen LogP contribution < -0.4 is 5.32 Å². The third-order valence-electron chi connectivity index (χ3n) is 13.2. The minimum Gasteiger partial charge on any atom is -0.394 e. The molecule has 12 atom stereocenters. The Bertz CT molecular complexity index is 1670. The van der Waals surface area contributed by atoms with Crippen molar-refractivity contribution in [3.8, 4) is 0 Å². The van der Waals surface area contributed by atoms with Gasteiger partial charge < -0.3 is 65.1 Å². The quantitative estimate of drug-likeness (QED) is 0.0205. The van der Waals surface area contributed by atoms with Crippen LogP contribution in [0.1, 0.15) is 174 Å². The third kappa shape index (κ3) is 31.6. The molecular formula is C61H101NO13. The molecule has 0 saturated carbocycles. The van der Waals surface area contributed by atoms with Crippen LogP contribution in [-0.4, -0.2) is 140 Å². The van der Waals surface area contributed by atoms with Crippen molar-refractivity contribution in [2.45, 2.75) is 248 Å². The van der Waals surface area contributed by atoms with E-state index >= 15 is 0 Å². The first-order valence-electron chi connectivity index (χ1n) is 28.6. The number of allylic oxidation sites excluding steroid dienone is 17. The molecule has 12 unspecified atom stereocenters. The fraction of sp³-hybridized carbons (Fsp3) is 0.689. The molecule has 428 valence electrons. The van der Waals surface area contributed by atoms with Gasteiger partial charge >= 0.3 is 0 Å². The van der Waals surface area contributed by atoms with E-state index in [0.29, 0.717) is 12.8 Å². The molecule has 0 aliphatic carbocycles. The Morgan fingerprint density at radius 1 is 0.493 bits per heavy atom. The summed E-state index contributed by atoms with van der Waals surface area (Å²) in [7, 11) is 0. The largest absolute Gasteiger partial charge is 0.394 e. The lowest BCUT2D eigenvalue weighted by molar-refractivity contribution is -0.359. The Hall–Kier alpha value is -3.35. The van der Waals surface area contributed by atoms with Crippen LogP contribution in [0.3, 0.4) is 0 Å². The molecule has 2 heterocycles. The van der Waals surface area contributed by atoms with Gasteiger partial charge in [0.15, 0.2) is 12.6 Å². The van der Waals surface area contributed by atoms with E-state index in [0.717, 1.165) is 96.3 Å². The van der Waals surface area contributed by atoms with Crippen LogP contribution in [0.4, 0.5) is 0 Å². The monoisotopic (exact) mass is 1060 g/mol. The number of rotatable bonds is 43. The highest BCUT2D eigenvalue weighted by Gasteiger charge is 2.51. The fourth-order valence-electron chi connectivity index (χ4n) is 8.56. The molecule has 14 nitrogen and oxygen atoms in total. The zero-order valence-electron chi connectivity index (χ0n) is 45.7. The fourth-order valence-corrected chi connectivity index (χ4v) is 8.56. The Balaban J connectivity index is 1.77. The van der Waals surface area contributed by atoms with Crippen LogP contribution in [0.15, 0.2) is 109 Å². The van der Waals surface area contributed by atoms with Crippen LogP contribution in [0.5, 0.6) is 0 Å². The van der Waals surface area contributed by atoms with Gasteiger partial charge in [-0.25, -0.2) is 0 Å². The highest BCUT2D eigenvalue weighted by molar-refractivity contribution is 5.76. The van der Waals surface area contributed by atoms with Crippen molar-refractivity contribution >= 4 is 5.91 Å². The van der Waals surface area contributed by atoms with Gasteiger partial charge in [-0.2, -0.15) is 0 Å². The number of hydrogen-bond acceptors (Lipinski definition) is 13. The molecule has 0 aromatic carbocycles. The first-order chi connectivity index (χ1) is 36.6. The van der Waals surface area contributed by atoms with Gasteiger partial charge in [-0.15, -0.1) is 0 Å². The summed E-state index contributed by atoms with van der Waals surface area (Å²) in [6.07, 6.45) is 46.9. The van der Waals surface area contributed by atoms with Gasteiger partial charge in [0.2, 0.25) is 5.91 Å². The number of aliphatic hydroxyl groups is 8. The van der Waals surface area contributed by atoms with Crippen molar-refractivity contribution < 1.29 is 64.6 Å². The van der Waals surface area contributed by atoms with E-state index in [9.17, 15) is 45.6 Å². The van der Waals surface area contributed by atoms with E-state index in [4.69, 9.17) is 18.9 Å². The number of nitrogens with one attached hydrogen (secondary N) is 1. The molecular weight excluding hydrogens is 955 g/mol. The van der Waals surface area contributed by atoms with Crippen molar-refractivity contribution in [2.24, 2.45) is 0 Å². The second-order valence-electron chi connectivity index (χ2n) is 19.7. The Morgan fingerprint density at radius 3 is 1.47 bits per heavy atom. The summed E-state index contributed by atoms with van der Waals surface area (Å²) in [4.78, 5) is 13.2. The molecule has 0 bridgehead atoms. The van der Waals surface area contributed by atoms with Crippen LogP contribution in [0.25, 0.3) is 0 Å². The number of carbonyl (C=O) groups is 1. The summed E-state index contributed by atoms with van der Waals surface area (Å²) >= 11 is 0. The maximum Gasteiger partial charge on any atom is 0.220 e. The number of carbonyl (C=O) groups excluding carboxylic acids is 1. The maximum atomic E-state index is 13.2. The number of unbranched alkanes of at least 4 members (excludes halogenated alkanes) is 14. The van der Waals surface area contributed by atoms with Gasteiger partial charge in [0, 0.05) is 6.42 Å². The molecule has 2 rings (SSSR count). The van der Waals surface area contributed by atoms with Gasteiger partial charge in [0.1, 0.15) is 48.8 Å². The molecule has 0 aromatic rings. The SMILES string of the molecule is CC/C=C\C/C=C\C/C=C\C/C=C\C/C=C\C/C=C\CCCCCCCCCCC(=O)NC(COC1OC(CO)C(OC2OC(CO)C(O)C(O)C2O)C(O)C1O)C(O)/C=C/CC/C=C/CC/C=C/CCCCCC. The smallest absolute Gasteiger partial charge is 0.220 e. The van der Waals surface area contributed by atoms with Crippen molar-refractivity contribution in [1.29, 1.82) is 0 Å². The van der Waals surface area contributed by atoms with Crippen molar-refractivity contribution in [3.05, 3.63) is 109 Å². The number of hydrogen-bond donors (Lipinski definition) is 9. The maximum absolute atomic E-state index is 13.2. The predicted octanol–water partition coefficient (Wildman–Crippen LogP) is 9.27. The minimum absolute atomic E-state index is 0.253. The Labute approximate surface area is 451 Å². The lowest BCUT2D eigenvalue weighted by Gasteiger charge is -2.46. The van der Waals surface area contributed by atoms with Crippen molar-refractivity contribution in [3.63, 3.8) is 0 Å². The van der Waals surface area contributed by atoms with Gasteiger partial charge in [0.25, 0.3) is 0 Å². The van der Waals surface area contributed by atoms with Gasteiger partial charge in [0.05, 0.1) is 32.0 Å². The van der Waals surface area contributed by atoms with E-state index in [-0.39, 0.29) is 18.9 Å². The summed E-state index contributed by atoms with van der Waals surface area (Å²) in [5.41, 5.74) is 0. The Morgan fingerprint density at radius 2 is 0.933 bits per heavy atom. The highest BCUT2D eigenvalue weighted by atomic mass is 16.7. The second kappa shape index (κ2) is 45.6. The second-order valence-corrected chi connectivity index (χ2v) is 19.7. The molecule has 9 N–H and O–H groups in total. The van der Waals surface area contributed by atoms with Crippen LogP contribution >= 0.6 is 0 Å². The van der Waals surface area contributed by atoms with Crippen LogP contribution in [-0.2, 0) is 23.7 Å². The lowest BCUT2D eigenvalue weighted by Crippen LogP contribution is -2.65. The van der Waals surface area contributed by atoms with E-state index in [1.54, 1.807) is 6.08 Å². The summed E-state index contributed by atoms with van der Waals surface area (Å²) in [5, 5.41) is 86.9. The average Bonchev–Trinajstić information content (AvgIpc) is 3.41. The summed E-state index contributed by atoms with van der Waals surface area (Å²) in [6.45, 7) is 2.60. The highest BCUT2D eigenvalue weighted by Crippen LogP contribution is 2.30. The molecule has 1 amide bonds. The van der Waals surface area contributed by atoms with E-state index in [1.807, 2.05) is 6.08 Å². The molecule has 0 radical (unpaired) electrons. The first kappa shape index (κ1) is 67.8.